The molecule has 0 saturated heterocycles. The van der Waals surface area contributed by atoms with E-state index in [1.807, 2.05) is 36.4 Å². The molecule has 0 unspecified atom stereocenters. The van der Waals surface area contributed by atoms with Gasteiger partial charge in [0.25, 0.3) is 0 Å². The molecule has 0 radical (unpaired) electrons. The molecule has 1 nitrogen and oxygen atoms in total. The first-order chi connectivity index (χ1) is 11.0. The minimum absolute atomic E-state index is 0.593. The molecule has 0 aromatic heterocycles. The van der Waals surface area contributed by atoms with Gasteiger partial charge in [-0.25, -0.2) is 0 Å². The van der Waals surface area contributed by atoms with E-state index in [1.54, 1.807) is 0 Å². The summed E-state index contributed by atoms with van der Waals surface area (Å²) >= 11 is 0. The van der Waals surface area contributed by atoms with E-state index < -0.39 is 8.07 Å². The molecule has 0 aliphatic heterocycles. The molecule has 0 amide bonds. The van der Waals surface area contributed by atoms with Crippen LogP contribution in [0.4, 0.5) is 0 Å². The van der Waals surface area contributed by atoms with Crippen molar-refractivity contribution in [3.05, 3.63) is 77.4 Å². The smallest absolute Gasteiger partial charge is 0.129 e. The first-order valence-corrected chi connectivity index (χ1v) is 11.4. The molecule has 0 aliphatic carbocycles. The van der Waals surface area contributed by atoms with Crippen LogP contribution in [0.3, 0.4) is 0 Å². The van der Waals surface area contributed by atoms with Gasteiger partial charge in [-0.05, 0) is 17.2 Å². The van der Waals surface area contributed by atoms with Gasteiger partial charge in [-0.3, -0.25) is 0 Å². The SMILES string of the molecule is C[Si](C)(C)C#Cc1ccccc1COC/C=C/c1ccccc1. The van der Waals surface area contributed by atoms with Gasteiger partial charge in [-0.1, -0.05) is 86.2 Å². The third-order valence-corrected chi connectivity index (χ3v) is 4.05. The molecule has 118 valence electrons. The van der Waals surface area contributed by atoms with Crippen molar-refractivity contribution in [2.24, 2.45) is 0 Å². The van der Waals surface area contributed by atoms with Crippen molar-refractivity contribution in [3.63, 3.8) is 0 Å². The Balaban J connectivity index is 1.91. The summed E-state index contributed by atoms with van der Waals surface area (Å²) in [6, 6.07) is 18.5. The van der Waals surface area contributed by atoms with E-state index in [9.17, 15) is 0 Å². The van der Waals surface area contributed by atoms with Gasteiger partial charge in [0.1, 0.15) is 8.07 Å². The van der Waals surface area contributed by atoms with Crippen LogP contribution < -0.4 is 0 Å². The van der Waals surface area contributed by atoms with Crippen molar-refractivity contribution in [3.8, 4) is 11.5 Å². The topological polar surface area (TPSA) is 9.23 Å². The Kier molecular flexibility index (Phi) is 6.40. The summed E-state index contributed by atoms with van der Waals surface area (Å²) in [5.41, 5.74) is 6.86. The fraction of sp³-hybridized carbons (Fsp3) is 0.238. The molecule has 2 heteroatoms. The van der Waals surface area contributed by atoms with Crippen molar-refractivity contribution in [1.29, 1.82) is 0 Å². The van der Waals surface area contributed by atoms with Crippen LogP contribution in [0.25, 0.3) is 6.08 Å². The van der Waals surface area contributed by atoms with Crippen molar-refractivity contribution in [2.45, 2.75) is 26.2 Å². The van der Waals surface area contributed by atoms with E-state index in [-0.39, 0.29) is 0 Å². The summed E-state index contributed by atoms with van der Waals surface area (Å²) < 4.78 is 5.77. The van der Waals surface area contributed by atoms with Crippen molar-refractivity contribution in [1.82, 2.24) is 0 Å². The Morgan fingerprint density at radius 3 is 2.39 bits per heavy atom. The summed E-state index contributed by atoms with van der Waals surface area (Å²) in [6.07, 6.45) is 4.13. The lowest BCUT2D eigenvalue weighted by Gasteiger charge is -2.07. The summed E-state index contributed by atoms with van der Waals surface area (Å²) in [5.74, 6) is 3.33. The summed E-state index contributed by atoms with van der Waals surface area (Å²) in [5, 5.41) is 0. The number of hydrogen-bond donors (Lipinski definition) is 0. The molecule has 0 fully saturated rings. The van der Waals surface area contributed by atoms with Crippen molar-refractivity contribution >= 4 is 14.1 Å². The van der Waals surface area contributed by atoms with Gasteiger partial charge in [-0.2, -0.15) is 0 Å². The molecular weight excluding hydrogens is 296 g/mol. The molecule has 2 aromatic rings. The van der Waals surface area contributed by atoms with Crippen molar-refractivity contribution in [2.75, 3.05) is 6.61 Å². The molecule has 2 aromatic carbocycles. The molecule has 0 bridgehead atoms. The van der Waals surface area contributed by atoms with Gasteiger partial charge in [0.15, 0.2) is 0 Å². The minimum Gasteiger partial charge on any atom is -0.373 e. The maximum absolute atomic E-state index is 5.77. The van der Waals surface area contributed by atoms with Crippen LogP contribution in [-0.4, -0.2) is 14.7 Å². The zero-order chi connectivity index (χ0) is 16.5. The second-order valence-corrected chi connectivity index (χ2v) is 11.2. The Bertz CT molecular complexity index is 700. The predicted octanol–water partition coefficient (Wildman–Crippen LogP) is 5.15. The Labute approximate surface area is 141 Å². The van der Waals surface area contributed by atoms with Crippen LogP contribution >= 0.6 is 0 Å². The van der Waals surface area contributed by atoms with Gasteiger partial charge in [0, 0.05) is 5.56 Å². The normalized spacial score (nSPS) is 11.3. The predicted molar refractivity (Wildman–Crippen MR) is 102 cm³/mol. The molecule has 0 atom stereocenters. The maximum atomic E-state index is 5.77. The zero-order valence-electron chi connectivity index (χ0n) is 14.2. The fourth-order valence-electron chi connectivity index (χ4n) is 2.01. The Morgan fingerprint density at radius 2 is 1.65 bits per heavy atom. The van der Waals surface area contributed by atoms with Crippen LogP contribution in [0.1, 0.15) is 16.7 Å². The lowest BCUT2D eigenvalue weighted by Crippen LogP contribution is -2.16. The van der Waals surface area contributed by atoms with Crippen LogP contribution in [0.2, 0.25) is 19.6 Å². The summed E-state index contributed by atoms with van der Waals surface area (Å²) in [4.78, 5) is 0. The summed E-state index contributed by atoms with van der Waals surface area (Å²) in [7, 11) is -1.36. The zero-order valence-corrected chi connectivity index (χ0v) is 15.2. The molecule has 23 heavy (non-hydrogen) atoms. The average Bonchev–Trinajstić information content (AvgIpc) is 2.54. The van der Waals surface area contributed by atoms with Gasteiger partial charge < -0.3 is 4.74 Å². The Morgan fingerprint density at radius 1 is 0.957 bits per heavy atom. The van der Waals surface area contributed by atoms with E-state index >= 15 is 0 Å². The number of ether oxygens (including phenoxy) is 1. The maximum Gasteiger partial charge on any atom is 0.129 e. The van der Waals surface area contributed by atoms with Gasteiger partial charge >= 0.3 is 0 Å². The first kappa shape index (κ1) is 17.3. The monoisotopic (exact) mass is 320 g/mol. The highest BCUT2D eigenvalue weighted by Gasteiger charge is 2.08. The van der Waals surface area contributed by atoms with Crippen LogP contribution in [0.15, 0.2) is 60.7 Å². The third kappa shape index (κ3) is 6.69. The second kappa shape index (κ2) is 8.52. The number of rotatable bonds is 5. The average molecular weight is 321 g/mol. The minimum atomic E-state index is -1.36. The van der Waals surface area contributed by atoms with Crippen molar-refractivity contribution < 1.29 is 4.74 Å². The van der Waals surface area contributed by atoms with Gasteiger partial charge in [-0.15, -0.1) is 5.54 Å². The quantitative estimate of drug-likeness (QED) is 0.421. The van der Waals surface area contributed by atoms with E-state index in [0.29, 0.717) is 13.2 Å². The highest BCUT2D eigenvalue weighted by molar-refractivity contribution is 6.83. The number of benzene rings is 2. The lowest BCUT2D eigenvalue weighted by molar-refractivity contribution is 0.149. The van der Waals surface area contributed by atoms with E-state index in [0.717, 1.165) is 11.1 Å². The molecular formula is C21H24OSi. The largest absolute Gasteiger partial charge is 0.373 e. The van der Waals surface area contributed by atoms with Gasteiger partial charge in [0.2, 0.25) is 0 Å². The highest BCUT2D eigenvalue weighted by Crippen LogP contribution is 2.10. The van der Waals surface area contributed by atoms with Crippen LogP contribution in [0.5, 0.6) is 0 Å². The summed E-state index contributed by atoms with van der Waals surface area (Å²) in [6.45, 7) is 7.97. The molecule has 0 N–H and O–H groups in total. The van der Waals surface area contributed by atoms with E-state index in [1.165, 1.54) is 5.56 Å². The first-order valence-electron chi connectivity index (χ1n) is 7.95. The molecule has 0 heterocycles. The molecule has 0 spiro atoms. The standard InChI is InChI=1S/C21H24OSi/c1-23(2,3)17-15-20-13-7-8-14-21(20)18-22-16-9-12-19-10-5-4-6-11-19/h4-14H,16,18H2,1-3H3/b12-9+. The van der Waals surface area contributed by atoms with Crippen LogP contribution in [0, 0.1) is 11.5 Å². The van der Waals surface area contributed by atoms with Crippen LogP contribution in [-0.2, 0) is 11.3 Å². The molecule has 0 aliphatic rings. The fourth-order valence-corrected chi connectivity index (χ4v) is 2.52. The van der Waals surface area contributed by atoms with Gasteiger partial charge in [0.05, 0.1) is 13.2 Å². The second-order valence-electron chi connectivity index (χ2n) is 6.49. The number of hydrogen-bond acceptors (Lipinski definition) is 1. The molecule has 0 saturated carbocycles. The third-order valence-electron chi connectivity index (χ3n) is 3.17. The van der Waals surface area contributed by atoms with E-state index in [2.05, 4.69) is 61.4 Å². The lowest BCUT2D eigenvalue weighted by atomic mass is 10.1. The highest BCUT2D eigenvalue weighted by atomic mass is 28.3. The molecule has 2 rings (SSSR count). The Hall–Kier alpha value is -2.08. The van der Waals surface area contributed by atoms with E-state index in [4.69, 9.17) is 4.74 Å².